The molecule has 210 valence electrons. The van der Waals surface area contributed by atoms with E-state index in [4.69, 9.17) is 9.40 Å². The van der Waals surface area contributed by atoms with Crippen LogP contribution in [0.25, 0.3) is 11.3 Å². The number of Topliss-reactive ketones (excluding diaryl/α,β-unsaturated/α-hetero) is 1. The van der Waals surface area contributed by atoms with Crippen molar-refractivity contribution in [3.8, 4) is 11.3 Å². The lowest BCUT2D eigenvalue weighted by atomic mass is 9.87. The maximum atomic E-state index is 13.2. The summed E-state index contributed by atoms with van der Waals surface area (Å²) in [4.78, 5) is 24.6. The van der Waals surface area contributed by atoms with Gasteiger partial charge >= 0.3 is 0 Å². The molecule has 0 saturated heterocycles. The largest absolute Gasteiger partial charge is 0.418 e. The van der Waals surface area contributed by atoms with Crippen LogP contribution in [0.4, 0.5) is 11.6 Å². The Bertz CT molecular complexity index is 1500. The highest BCUT2D eigenvalue weighted by molar-refractivity contribution is 5.92. The number of carbonyl (C=O) groups is 1. The number of benzene rings is 1. The highest BCUT2D eigenvalue weighted by Gasteiger charge is 2.29. The molecule has 4 heterocycles. The van der Waals surface area contributed by atoms with E-state index in [1.165, 1.54) is 0 Å². The SMILES string of the molecule is Cc1c(Nc2nccc(-c3ccc4c(c3)CN(CCO)CC[C@H]4CC(=O)c3nnc(C(C)(C)C)o3)n2)cnn1C. The minimum Gasteiger partial charge on any atom is -0.418 e. The van der Waals surface area contributed by atoms with Crippen molar-refractivity contribution in [2.75, 3.05) is 25.0 Å². The molecule has 11 heteroatoms. The Labute approximate surface area is 233 Å². The van der Waals surface area contributed by atoms with Crippen LogP contribution in [0.5, 0.6) is 0 Å². The number of nitrogens with one attached hydrogen (secondary N) is 1. The monoisotopic (exact) mass is 544 g/mol. The van der Waals surface area contributed by atoms with Gasteiger partial charge in [0.15, 0.2) is 0 Å². The molecule has 0 spiro atoms. The van der Waals surface area contributed by atoms with Gasteiger partial charge in [-0.25, -0.2) is 9.97 Å². The van der Waals surface area contributed by atoms with Crippen molar-refractivity contribution in [3.05, 3.63) is 65.3 Å². The average molecular weight is 545 g/mol. The first-order chi connectivity index (χ1) is 19.1. The van der Waals surface area contributed by atoms with Gasteiger partial charge < -0.3 is 14.8 Å². The number of aromatic nitrogens is 6. The van der Waals surface area contributed by atoms with Crippen LogP contribution in [-0.4, -0.2) is 65.4 Å². The standard InChI is InChI=1S/C29H36N8O3/c1-18-24(16-31-36(18)5)33-28-30-10-8-23(32-28)20-6-7-22-19(9-11-37(12-13-38)17-21(22)14-20)15-25(39)26-34-35-27(40-26)29(2,3)4/h6-8,10,14,16,19,38H,9,11-13,15,17H2,1-5H3,(H,30,32,33)/t19-/m0/s1. The number of hydrogen-bond donors (Lipinski definition) is 2. The predicted octanol–water partition coefficient (Wildman–Crippen LogP) is 4.16. The number of aryl methyl sites for hydroxylation is 1. The molecule has 0 unspecified atom stereocenters. The molecule has 5 rings (SSSR count). The molecule has 1 aliphatic heterocycles. The van der Waals surface area contributed by atoms with Gasteiger partial charge in [-0.2, -0.15) is 5.10 Å². The summed E-state index contributed by atoms with van der Waals surface area (Å²) in [7, 11) is 1.89. The van der Waals surface area contributed by atoms with Gasteiger partial charge in [0.25, 0.3) is 5.89 Å². The normalized spacial score (nSPS) is 16.0. The van der Waals surface area contributed by atoms with E-state index in [9.17, 15) is 9.90 Å². The van der Waals surface area contributed by atoms with Crippen LogP contribution in [-0.2, 0) is 19.0 Å². The highest BCUT2D eigenvalue weighted by atomic mass is 16.4. The molecule has 40 heavy (non-hydrogen) atoms. The summed E-state index contributed by atoms with van der Waals surface area (Å²) in [6, 6.07) is 8.16. The van der Waals surface area contributed by atoms with Crippen molar-refractivity contribution in [2.45, 2.75) is 58.4 Å². The number of hydrogen-bond acceptors (Lipinski definition) is 10. The lowest BCUT2D eigenvalue weighted by molar-refractivity contribution is 0.0933. The summed E-state index contributed by atoms with van der Waals surface area (Å²) < 4.78 is 7.52. The third-order valence-electron chi connectivity index (χ3n) is 7.36. The van der Waals surface area contributed by atoms with E-state index in [1.54, 1.807) is 17.1 Å². The van der Waals surface area contributed by atoms with Crippen LogP contribution in [0.2, 0.25) is 0 Å². The van der Waals surface area contributed by atoms with Crippen LogP contribution in [0, 0.1) is 6.92 Å². The topological polar surface area (TPSA) is 135 Å². The minimum absolute atomic E-state index is 0.0126. The predicted molar refractivity (Wildman–Crippen MR) is 150 cm³/mol. The number of β-amino-alcohol motifs (C(OH)–C–C–N with tert-alkyl or cyclic N) is 1. The molecule has 3 aromatic heterocycles. The first kappa shape index (κ1) is 27.6. The second kappa shape index (κ2) is 11.3. The van der Waals surface area contributed by atoms with Crippen molar-refractivity contribution < 1.29 is 14.3 Å². The molecule has 0 amide bonds. The molecular formula is C29H36N8O3. The maximum absolute atomic E-state index is 13.2. The van der Waals surface area contributed by atoms with E-state index < -0.39 is 0 Å². The van der Waals surface area contributed by atoms with Crippen LogP contribution >= 0.6 is 0 Å². The second-order valence-corrected chi connectivity index (χ2v) is 11.3. The summed E-state index contributed by atoms with van der Waals surface area (Å²) in [6.45, 7) is 9.98. The minimum atomic E-state index is -0.325. The van der Waals surface area contributed by atoms with Gasteiger partial charge in [-0.1, -0.05) is 32.9 Å². The zero-order valence-electron chi connectivity index (χ0n) is 23.7. The Hall–Kier alpha value is -3.96. The van der Waals surface area contributed by atoms with Crippen molar-refractivity contribution >= 4 is 17.4 Å². The number of rotatable bonds is 8. The van der Waals surface area contributed by atoms with Crippen LogP contribution in [0.15, 0.2) is 41.1 Å². The van der Waals surface area contributed by atoms with E-state index in [-0.39, 0.29) is 36.0 Å². The first-order valence-electron chi connectivity index (χ1n) is 13.5. The lowest BCUT2D eigenvalue weighted by Gasteiger charge is -2.19. The van der Waals surface area contributed by atoms with E-state index in [0.29, 0.717) is 24.9 Å². The Balaban J connectivity index is 1.42. The number of aliphatic hydroxyl groups is 1. The Morgan fingerprint density at radius 2 is 2.05 bits per heavy atom. The van der Waals surface area contributed by atoms with Gasteiger partial charge in [-0.3, -0.25) is 14.4 Å². The number of ketones is 1. The lowest BCUT2D eigenvalue weighted by Crippen LogP contribution is -2.26. The summed E-state index contributed by atoms with van der Waals surface area (Å²) in [5.74, 6) is 0.832. The van der Waals surface area contributed by atoms with Crippen molar-refractivity contribution in [3.63, 3.8) is 0 Å². The molecule has 0 saturated carbocycles. The molecule has 1 aliphatic rings. The quantitative estimate of drug-likeness (QED) is 0.311. The van der Waals surface area contributed by atoms with E-state index in [1.807, 2.05) is 46.9 Å². The molecule has 4 aromatic rings. The molecule has 1 aromatic carbocycles. The Morgan fingerprint density at radius 1 is 1.23 bits per heavy atom. The second-order valence-electron chi connectivity index (χ2n) is 11.3. The summed E-state index contributed by atoms with van der Waals surface area (Å²) in [5.41, 5.74) is 5.48. The van der Waals surface area contributed by atoms with Crippen molar-refractivity contribution in [1.82, 2.24) is 34.8 Å². The summed E-state index contributed by atoms with van der Waals surface area (Å²) in [5, 5.41) is 25.3. The van der Waals surface area contributed by atoms with Crippen molar-refractivity contribution in [2.24, 2.45) is 7.05 Å². The number of carbonyl (C=O) groups excluding carboxylic acids is 1. The van der Waals surface area contributed by atoms with Gasteiger partial charge in [0.1, 0.15) is 0 Å². The molecule has 11 nitrogen and oxygen atoms in total. The molecule has 0 bridgehead atoms. The van der Waals surface area contributed by atoms with Gasteiger partial charge in [0, 0.05) is 43.7 Å². The number of aliphatic hydroxyl groups excluding tert-OH is 1. The number of fused-ring (bicyclic) bond motifs is 1. The average Bonchev–Trinajstić information content (AvgIpc) is 3.50. The molecule has 1 atom stereocenters. The van der Waals surface area contributed by atoms with Crippen LogP contribution in [0.3, 0.4) is 0 Å². The zero-order valence-corrected chi connectivity index (χ0v) is 23.7. The fourth-order valence-corrected chi connectivity index (χ4v) is 4.93. The molecule has 0 radical (unpaired) electrons. The third kappa shape index (κ3) is 5.95. The first-order valence-corrected chi connectivity index (χ1v) is 13.5. The summed E-state index contributed by atoms with van der Waals surface area (Å²) in [6.07, 6.45) is 4.54. The van der Waals surface area contributed by atoms with Gasteiger partial charge in [0.2, 0.25) is 17.6 Å². The Morgan fingerprint density at radius 3 is 2.75 bits per heavy atom. The molecule has 0 aliphatic carbocycles. The molecular weight excluding hydrogens is 508 g/mol. The van der Waals surface area contributed by atoms with Gasteiger partial charge in [0.05, 0.1) is 29.9 Å². The van der Waals surface area contributed by atoms with E-state index in [2.05, 4.69) is 42.6 Å². The molecule has 2 N–H and O–H groups in total. The van der Waals surface area contributed by atoms with Gasteiger partial charge in [-0.05, 0) is 49.1 Å². The van der Waals surface area contributed by atoms with Crippen LogP contribution in [0.1, 0.15) is 72.9 Å². The van der Waals surface area contributed by atoms with E-state index >= 15 is 0 Å². The number of anilines is 2. The fraction of sp³-hybridized carbons (Fsp3) is 0.448. The zero-order chi connectivity index (χ0) is 28.4. The number of nitrogens with zero attached hydrogens (tertiary/aromatic N) is 7. The fourth-order valence-electron chi connectivity index (χ4n) is 4.93. The smallest absolute Gasteiger partial charge is 0.284 e. The molecule has 0 fully saturated rings. The maximum Gasteiger partial charge on any atom is 0.284 e. The highest BCUT2D eigenvalue weighted by Crippen LogP contribution is 2.35. The Kier molecular flexibility index (Phi) is 7.77. The van der Waals surface area contributed by atoms with E-state index in [0.717, 1.165) is 46.7 Å². The van der Waals surface area contributed by atoms with Crippen LogP contribution < -0.4 is 5.32 Å². The summed E-state index contributed by atoms with van der Waals surface area (Å²) >= 11 is 0. The van der Waals surface area contributed by atoms with Crippen molar-refractivity contribution in [1.29, 1.82) is 0 Å². The van der Waals surface area contributed by atoms with Gasteiger partial charge in [-0.15, -0.1) is 10.2 Å². The third-order valence-corrected chi connectivity index (χ3v) is 7.36.